The molecule has 0 aliphatic carbocycles. The smallest absolute Gasteiger partial charge is 0.550 e. The first kappa shape index (κ1) is 158. The summed E-state index contributed by atoms with van der Waals surface area (Å²) in [6, 6.07) is 0. The fourth-order valence-corrected chi connectivity index (χ4v) is 0. The van der Waals surface area contributed by atoms with Crippen molar-refractivity contribution < 1.29 is 365 Å². The minimum atomic E-state index is -1.75. The molecule has 0 fully saturated rings. The molecule has 0 rings (SSSR count). The Morgan fingerprint density at radius 1 is 0.275 bits per heavy atom. The molecule has 0 saturated heterocycles. The Morgan fingerprint density at radius 3 is 0.275 bits per heavy atom. The van der Waals surface area contributed by atoms with E-state index in [-0.39, 0.29) is 245 Å². The molecule has 6 N–H and O–H groups in total. The minimum Gasteiger partial charge on any atom is -0.550 e. The summed E-state index contributed by atoms with van der Waals surface area (Å²) in [6.07, 6.45) is 0. The van der Waals surface area contributed by atoms with Gasteiger partial charge in [0.25, 0.3) is 0 Å². The molecule has 0 aromatic heterocycles. The molecule has 0 bridgehead atoms. The van der Waals surface area contributed by atoms with Gasteiger partial charge in [-0.2, -0.15) is 0 Å². The molecule has 0 spiro atoms. The van der Waals surface area contributed by atoms with Crippen molar-refractivity contribution in [2.24, 2.45) is 0 Å². The van der Waals surface area contributed by atoms with Crippen LogP contribution in [0.1, 0.15) is 62.3 Å². The molecule has 0 amide bonds. The molecular weight excluding hydrogens is 1900 g/mol. The second-order valence-corrected chi connectivity index (χ2v) is 5.77. The Balaban J connectivity index is -0.0000000142. The average Bonchev–Trinajstić information content (AvgIpc) is 2.78. The fourth-order valence-electron chi connectivity index (χ4n) is 0. The summed E-state index contributed by atoms with van der Waals surface area (Å²) in [6.45, 7) is 8.75. The van der Waals surface area contributed by atoms with Crippen LogP contribution in [0.25, 0.3) is 0 Å². The van der Waals surface area contributed by atoms with Gasteiger partial charge in [-0.25, -0.2) is 0 Å². The zero-order valence-electron chi connectivity index (χ0n) is 34.3. The number of rotatable bonds is 0. The fraction of sp³-hybridized carbons (Fsp3) is 0.500. The molecule has 45 nitrogen and oxygen atoms in total. The SMILES string of the molecule is CC(=O)[O-].CC(=O)[O-].CC(=O)[O-].CC(=O)[O-].CC(=O)[O-].CC(=O)[O-].CC(=O)[O-].CC(=O)[O-].CC(=O)[O-].O.O.O.O=[N+]([O-])[O-].O=[N+]([O-])[O-].O=[N+]([O-])[O-].O=[N+]([O-])[O-].O=[N+]([O-])[O-].O=[N+]([O-])[O-].[Dy+3].[Er+3].[Gd+3].[Ho+3].[Tb+3].[Tm+3]. The summed E-state index contributed by atoms with van der Waals surface area (Å²) in [5.74, 6) is -9.75. The number of hydrogen-bond donors (Lipinski definition) is 0. The van der Waals surface area contributed by atoms with Crippen LogP contribution in [0.4, 0.5) is 0 Å². The maximum absolute atomic E-state index is 8.89. The first-order valence-electron chi connectivity index (χ1n) is 11.5. The Hall–Kier alpha value is -2.07. The molecule has 0 aromatic carbocycles. The zero-order chi connectivity index (χ0) is 53.7. The van der Waals surface area contributed by atoms with Crippen LogP contribution in [-0.4, -0.2) is 101 Å². The van der Waals surface area contributed by atoms with Crippen molar-refractivity contribution in [1.29, 1.82) is 0 Å². The topological polar surface area (TPSA) is 853 Å². The van der Waals surface area contributed by atoms with Gasteiger partial charge in [0.05, 0.1) is 30.5 Å². The number of carboxylic acids is 9. The van der Waals surface area contributed by atoms with Gasteiger partial charge in [-0.15, -0.1) is 0 Å². The van der Waals surface area contributed by atoms with Gasteiger partial charge in [-0.3, -0.25) is 0 Å². The van der Waals surface area contributed by atoms with Gasteiger partial charge in [0, 0.05) is 53.7 Å². The van der Waals surface area contributed by atoms with Crippen LogP contribution in [0.15, 0.2) is 0 Å². The summed E-state index contributed by atoms with van der Waals surface area (Å²) in [7, 11) is 0. The van der Waals surface area contributed by atoms with Crippen molar-refractivity contribution in [3.05, 3.63) is 91.9 Å². The van der Waals surface area contributed by atoms with Gasteiger partial charge in [-0.1, -0.05) is 0 Å². The largest absolute Gasteiger partial charge is 3.00 e. The van der Waals surface area contributed by atoms with Gasteiger partial charge in [-0.05, 0) is 62.3 Å². The van der Waals surface area contributed by atoms with Gasteiger partial charge in [0.1, 0.15) is 0 Å². The predicted octanol–water partition coefficient (Wildman–Crippen LogP) is -15.1. The van der Waals surface area contributed by atoms with Crippen molar-refractivity contribution in [2.75, 3.05) is 0 Å². The molecule has 69 heavy (non-hydrogen) atoms. The van der Waals surface area contributed by atoms with E-state index in [2.05, 4.69) is 0 Å². The van der Waals surface area contributed by atoms with E-state index in [1.165, 1.54) is 0 Å². The molecular formula is C18H33DyErGdHoN6O39TbTm+3. The third-order valence-electron chi connectivity index (χ3n) is 0. The Labute approximate surface area is 563 Å². The number of hydrogen-bond acceptors (Lipinski definition) is 36. The van der Waals surface area contributed by atoms with E-state index in [0.29, 0.717) is 0 Å². The first-order valence-corrected chi connectivity index (χ1v) is 11.5. The van der Waals surface area contributed by atoms with Crippen molar-refractivity contribution in [3.63, 3.8) is 0 Å². The van der Waals surface area contributed by atoms with E-state index in [9.17, 15) is 0 Å². The minimum absolute atomic E-state index is 0. The number of carbonyl (C=O) groups excluding carboxylic acids is 9. The summed E-state index contributed by atoms with van der Waals surface area (Å²) in [5, 5.41) is 168. The van der Waals surface area contributed by atoms with Crippen LogP contribution in [-0.2, 0) is 43.2 Å². The van der Waals surface area contributed by atoms with E-state index < -0.39 is 84.2 Å². The third kappa shape index (κ3) is 63100. The standard InChI is InChI=1S/9C2H4O2.Dy.Er.Gd.Ho.6NO3.3H2O.Tb.Tm/c9*1-2(3)4;;;;;6*2-1(3)4;;;;;/h9*1H3,(H,3,4);;;;;;;;;;;3*1H2;;/q;;;;;;;;;4*+3;6*-1;;;;2*+3/p-9. The van der Waals surface area contributed by atoms with Crippen LogP contribution in [0.3, 0.4) is 0 Å². The van der Waals surface area contributed by atoms with Gasteiger partial charge in [0.2, 0.25) is 0 Å². The summed E-state index contributed by atoms with van der Waals surface area (Å²) in [5.41, 5.74) is 0. The van der Waals surface area contributed by atoms with Crippen LogP contribution >= 0.6 is 0 Å². The number of carboxylic acid groups (broad SMARTS) is 9. The van der Waals surface area contributed by atoms with Crippen LogP contribution in [0.5, 0.6) is 0 Å². The molecule has 3 radical (unpaired) electrons. The molecule has 429 valence electrons. The van der Waals surface area contributed by atoms with Crippen LogP contribution < -0.4 is 46.0 Å². The zero-order valence-corrected chi connectivity index (χ0v) is 46.3. The second kappa shape index (κ2) is 151. The van der Waals surface area contributed by atoms with Gasteiger partial charge >= 0.3 is 229 Å². The quantitative estimate of drug-likeness (QED) is 0.123. The normalized spacial score (nSPS) is 5.35. The van der Waals surface area contributed by atoms with E-state index in [1.807, 2.05) is 0 Å². The molecule has 0 aliphatic rings. The molecule has 51 heteroatoms. The van der Waals surface area contributed by atoms with Crippen molar-refractivity contribution in [2.45, 2.75) is 62.3 Å². The predicted molar refractivity (Wildman–Crippen MR) is 169 cm³/mol. The molecule has 0 heterocycles. The summed E-state index contributed by atoms with van der Waals surface area (Å²) < 4.78 is 0. The average molecular weight is 1940 g/mol. The molecule has 0 saturated carbocycles. The molecule has 0 unspecified atom stereocenters. The van der Waals surface area contributed by atoms with Crippen LogP contribution in [0.2, 0.25) is 0 Å². The van der Waals surface area contributed by atoms with E-state index in [1.54, 1.807) is 0 Å². The Kier molecular flexibility index (Phi) is 345. The van der Waals surface area contributed by atoms with E-state index in [4.69, 9.17) is 181 Å². The molecule has 0 atom stereocenters. The monoisotopic (exact) mass is 1940 g/mol. The van der Waals surface area contributed by atoms with Crippen molar-refractivity contribution in [3.8, 4) is 0 Å². The third-order valence-corrected chi connectivity index (χ3v) is 0. The number of nitrogens with zero attached hydrogens (tertiary/aromatic N) is 6. The van der Waals surface area contributed by atoms with Crippen molar-refractivity contribution in [1.82, 2.24) is 0 Å². The van der Waals surface area contributed by atoms with Gasteiger partial charge < -0.3 is 197 Å². The maximum atomic E-state index is 8.89. The number of aliphatic carboxylic acids is 9. The summed E-state index contributed by atoms with van der Waals surface area (Å²) >= 11 is 0. The summed E-state index contributed by atoms with van der Waals surface area (Å²) in [4.78, 5) is 130. The second-order valence-electron chi connectivity index (χ2n) is 5.77. The van der Waals surface area contributed by atoms with Gasteiger partial charge in [0.15, 0.2) is 0 Å². The van der Waals surface area contributed by atoms with Crippen LogP contribution in [0, 0.1) is 321 Å². The van der Waals surface area contributed by atoms with E-state index >= 15 is 0 Å². The Morgan fingerprint density at radius 2 is 0.275 bits per heavy atom. The maximum Gasteiger partial charge on any atom is 3.00 e. The van der Waals surface area contributed by atoms with Crippen molar-refractivity contribution >= 4 is 53.7 Å². The van der Waals surface area contributed by atoms with E-state index in [0.717, 1.165) is 62.3 Å². The Bertz CT molecular complexity index is 822. The first-order chi connectivity index (χ1) is 26.0. The number of carbonyl (C=O) groups is 9. The molecule has 0 aromatic rings. The molecule has 0 aliphatic heterocycles.